The van der Waals surface area contributed by atoms with Gasteiger partial charge in [-0.25, -0.2) is 4.79 Å². The van der Waals surface area contributed by atoms with Gasteiger partial charge in [-0.1, -0.05) is 70.7 Å². The van der Waals surface area contributed by atoms with Crippen LogP contribution in [0.3, 0.4) is 0 Å². The summed E-state index contributed by atoms with van der Waals surface area (Å²) in [6.07, 6.45) is 7.08. The molecule has 0 radical (unpaired) electrons. The van der Waals surface area contributed by atoms with Gasteiger partial charge in [-0.3, -0.25) is 4.79 Å². The second-order valence-corrected chi connectivity index (χ2v) is 14.8. The number of amides is 3. The Kier molecular flexibility index (Phi) is 8.87. The monoisotopic (exact) mass is 586 g/mol. The van der Waals surface area contributed by atoms with E-state index in [0.29, 0.717) is 31.3 Å². The van der Waals surface area contributed by atoms with Gasteiger partial charge in [0, 0.05) is 19.1 Å². The van der Waals surface area contributed by atoms with Gasteiger partial charge in [-0.2, -0.15) is 5.26 Å². The van der Waals surface area contributed by atoms with E-state index >= 15 is 0 Å². The molecule has 8 nitrogen and oxygen atoms in total. The molecule has 1 aromatic rings. The number of piperidine rings is 1. The average Bonchev–Trinajstić information content (AvgIpc) is 3.33. The molecular weight excluding hydrogens is 539 g/mol. The molecule has 2 heterocycles. The lowest BCUT2D eigenvalue weighted by atomic mass is 9.43. The molecule has 3 saturated carbocycles. The van der Waals surface area contributed by atoms with E-state index in [-0.39, 0.29) is 52.0 Å². The summed E-state index contributed by atoms with van der Waals surface area (Å²) in [7, 11) is -0.554. The number of rotatable bonds is 7. The maximum atomic E-state index is 13.4. The molecule has 1 aromatic carbocycles. The minimum absolute atomic E-state index is 0.000716. The molecule has 0 unspecified atom stereocenters. The quantitative estimate of drug-likeness (QED) is 0.198. The van der Waals surface area contributed by atoms with Gasteiger partial charge in [-0.15, -0.1) is 0 Å². The summed E-state index contributed by atoms with van der Waals surface area (Å²) in [6.45, 7) is 13.7. The van der Waals surface area contributed by atoms with Crippen LogP contribution >= 0.6 is 0 Å². The first kappa shape index (κ1) is 31.4. The molecule has 3 amide bonds. The van der Waals surface area contributed by atoms with Crippen molar-refractivity contribution in [2.45, 2.75) is 104 Å². The number of nitriles is 1. The number of carbonyl (C=O) groups excluding carboxylic acids is 2. The lowest BCUT2D eigenvalue weighted by Crippen LogP contribution is -2.65. The number of nitrogens with zero attached hydrogens (tertiary/aromatic N) is 2. The molecule has 0 spiro atoms. The Morgan fingerprint density at radius 3 is 2.60 bits per heavy atom. The molecule has 230 valence electrons. The Balaban J connectivity index is 1.26. The minimum Gasteiger partial charge on any atom is -0.404 e. The standard InChI is InChI=1S/C34H47BN4O4/c1-32(2,3)16-15-24(21-36)30(40)39-17-11-10-14-26(39)22-37-31(41)38-29(18-23-12-8-7-9-13-23)35-42-28-20-25-19-27(33(25,4)5)34(28,6)43-35/h7-9,12-13,16,25-29H,10-11,14,17-20,22H2,1-6H3,(H2,37,38,41)/t15?,25-,26-,27-,28+,29-,34-/m0/s1. The number of nitrogens with one attached hydrogen (secondary N) is 2. The third-order valence-electron chi connectivity index (χ3n) is 10.3. The normalized spacial score (nSPS) is 29.7. The van der Waals surface area contributed by atoms with E-state index in [4.69, 9.17) is 9.31 Å². The predicted molar refractivity (Wildman–Crippen MR) is 167 cm³/mol. The smallest absolute Gasteiger partial charge is 0.404 e. The number of carbonyl (C=O) groups is 2. The Hall–Kier alpha value is -3.05. The van der Waals surface area contributed by atoms with Crippen LogP contribution in [0.1, 0.15) is 79.2 Å². The summed E-state index contributed by atoms with van der Waals surface area (Å²) in [6, 6.07) is 11.6. The molecule has 43 heavy (non-hydrogen) atoms. The molecule has 2 aliphatic heterocycles. The Morgan fingerprint density at radius 2 is 1.93 bits per heavy atom. The van der Waals surface area contributed by atoms with Crippen LogP contribution < -0.4 is 10.6 Å². The fourth-order valence-electron chi connectivity index (χ4n) is 7.64. The summed E-state index contributed by atoms with van der Waals surface area (Å²) < 4.78 is 13.3. The second-order valence-electron chi connectivity index (χ2n) is 14.8. The summed E-state index contributed by atoms with van der Waals surface area (Å²) in [4.78, 5) is 28.4. The van der Waals surface area contributed by atoms with E-state index in [1.165, 1.54) is 6.42 Å². The molecule has 6 rings (SSSR count). The van der Waals surface area contributed by atoms with Crippen molar-refractivity contribution in [2.75, 3.05) is 13.1 Å². The Labute approximate surface area is 257 Å². The van der Waals surface area contributed by atoms with Crippen molar-refractivity contribution in [1.82, 2.24) is 15.5 Å². The van der Waals surface area contributed by atoms with Gasteiger partial charge >= 0.3 is 13.1 Å². The van der Waals surface area contributed by atoms with Gasteiger partial charge < -0.3 is 24.8 Å². The van der Waals surface area contributed by atoms with Crippen molar-refractivity contribution < 1.29 is 18.9 Å². The molecular formula is C34H47BN4O4. The number of urea groups is 1. The van der Waals surface area contributed by atoms with Gasteiger partial charge in [0.05, 0.1) is 17.6 Å². The zero-order valence-electron chi connectivity index (χ0n) is 26.6. The van der Waals surface area contributed by atoms with Crippen molar-refractivity contribution in [1.29, 1.82) is 5.26 Å². The fraction of sp³-hybridized carbons (Fsp3) is 0.647. The number of likely N-dealkylation sites (tertiary alicyclic amines) is 1. The first-order chi connectivity index (χ1) is 20.3. The van der Waals surface area contributed by atoms with Gasteiger partial charge in [0.2, 0.25) is 0 Å². The summed E-state index contributed by atoms with van der Waals surface area (Å²) in [5.74, 6) is 0.357. The van der Waals surface area contributed by atoms with E-state index in [0.717, 1.165) is 31.2 Å². The molecule has 2 saturated heterocycles. The van der Waals surface area contributed by atoms with Crippen molar-refractivity contribution in [3.05, 3.63) is 53.3 Å². The van der Waals surface area contributed by atoms with Crippen molar-refractivity contribution in [2.24, 2.45) is 22.7 Å². The molecule has 5 aliphatic rings. The van der Waals surface area contributed by atoms with E-state index in [1.54, 1.807) is 11.0 Å². The zero-order chi connectivity index (χ0) is 31.0. The van der Waals surface area contributed by atoms with Crippen LogP contribution in [0, 0.1) is 34.0 Å². The number of benzene rings is 1. The first-order valence-electron chi connectivity index (χ1n) is 15.9. The number of hydrogen-bond donors (Lipinski definition) is 2. The number of hydrogen-bond acceptors (Lipinski definition) is 5. The van der Waals surface area contributed by atoms with Gasteiger partial charge in [0.1, 0.15) is 6.07 Å². The van der Waals surface area contributed by atoms with Crippen LogP contribution in [0.15, 0.2) is 47.7 Å². The van der Waals surface area contributed by atoms with E-state index in [1.807, 2.05) is 45.0 Å². The molecule has 5 fully saturated rings. The highest BCUT2D eigenvalue weighted by atomic mass is 16.7. The van der Waals surface area contributed by atoms with E-state index < -0.39 is 7.12 Å². The van der Waals surface area contributed by atoms with E-state index in [2.05, 4.69) is 49.3 Å². The van der Waals surface area contributed by atoms with Crippen LogP contribution in [0.5, 0.6) is 0 Å². The largest absolute Gasteiger partial charge is 0.482 e. The molecule has 3 aliphatic carbocycles. The second kappa shape index (κ2) is 12.2. The minimum atomic E-state index is -0.554. The lowest BCUT2D eigenvalue weighted by Gasteiger charge is -2.64. The highest BCUT2D eigenvalue weighted by Gasteiger charge is 2.68. The average molecular weight is 587 g/mol. The molecule has 2 bridgehead atoms. The fourth-order valence-corrected chi connectivity index (χ4v) is 7.64. The van der Waals surface area contributed by atoms with Crippen LogP contribution in [0.2, 0.25) is 0 Å². The third-order valence-corrected chi connectivity index (χ3v) is 10.3. The molecule has 9 heteroatoms. The Bertz CT molecular complexity index is 1310. The zero-order valence-corrected chi connectivity index (χ0v) is 26.6. The van der Waals surface area contributed by atoms with Crippen molar-refractivity contribution in [3.8, 4) is 6.07 Å². The highest BCUT2D eigenvalue weighted by molar-refractivity contribution is 6.48. The topological polar surface area (TPSA) is 104 Å². The maximum Gasteiger partial charge on any atom is 0.482 e. The third kappa shape index (κ3) is 6.57. The van der Waals surface area contributed by atoms with Crippen LogP contribution in [0.4, 0.5) is 4.79 Å². The summed E-state index contributed by atoms with van der Waals surface area (Å²) >= 11 is 0. The van der Waals surface area contributed by atoms with Crippen LogP contribution in [-0.2, 0) is 20.5 Å². The maximum absolute atomic E-state index is 13.4. The molecule has 6 atom stereocenters. The van der Waals surface area contributed by atoms with Gasteiger partial charge in [0.15, 0.2) is 5.57 Å². The van der Waals surface area contributed by atoms with Crippen LogP contribution in [0.25, 0.3) is 0 Å². The first-order valence-corrected chi connectivity index (χ1v) is 15.9. The highest BCUT2D eigenvalue weighted by Crippen LogP contribution is 2.65. The van der Waals surface area contributed by atoms with Crippen molar-refractivity contribution in [3.63, 3.8) is 0 Å². The van der Waals surface area contributed by atoms with Gasteiger partial charge in [0.25, 0.3) is 5.91 Å². The summed E-state index contributed by atoms with van der Waals surface area (Å²) in [5.41, 5.74) is 3.68. The van der Waals surface area contributed by atoms with Gasteiger partial charge in [-0.05, 0) is 79.8 Å². The van der Waals surface area contributed by atoms with Crippen LogP contribution in [-0.4, -0.2) is 60.7 Å². The predicted octanol–water partition coefficient (Wildman–Crippen LogP) is 5.20. The lowest BCUT2D eigenvalue weighted by molar-refractivity contribution is -0.199. The molecule has 2 N–H and O–H groups in total. The Morgan fingerprint density at radius 1 is 1.19 bits per heavy atom. The van der Waals surface area contributed by atoms with E-state index in [9.17, 15) is 14.9 Å². The van der Waals surface area contributed by atoms with Crippen molar-refractivity contribution >= 4 is 19.1 Å². The summed E-state index contributed by atoms with van der Waals surface area (Å²) in [5, 5.41) is 15.9. The SMILES string of the molecule is CC(C)(C)C=C=C(C#N)C(=O)N1CCCC[C@H]1CNC(=O)N[C@@H](Cc1ccccc1)B1O[C@@H]2C[C@@H]3C[C@@H](C3(C)C)[C@]2(C)O1. The molecule has 0 aromatic heterocycles.